The quantitative estimate of drug-likeness (QED) is 0.191. The molecule has 8 nitrogen and oxygen atoms in total. The SMILES string of the molecule is C=C/C=C\C.CF.N/N=C(/c1cc(-c2ccc(N3CCCC3)nc2)cnc1N)N(N)C/C=C/F. The molecule has 6 N–H and O–H groups in total. The van der Waals surface area contributed by atoms with Crippen molar-refractivity contribution in [3.8, 4) is 11.1 Å². The van der Waals surface area contributed by atoms with Gasteiger partial charge in [-0.25, -0.2) is 20.2 Å². The van der Waals surface area contributed by atoms with E-state index in [0.29, 0.717) is 19.1 Å². The highest BCUT2D eigenvalue weighted by Gasteiger charge is 2.16. The lowest BCUT2D eigenvalue weighted by Gasteiger charge is -2.19. The molecular formula is C24H34F2N8. The molecule has 0 radical (unpaired) electrons. The molecule has 2 aromatic rings. The van der Waals surface area contributed by atoms with Crippen LogP contribution in [0.4, 0.5) is 20.4 Å². The maximum absolute atomic E-state index is 12.3. The number of halogens is 2. The Hall–Kier alpha value is -3.79. The molecule has 1 aliphatic rings. The van der Waals surface area contributed by atoms with E-state index in [2.05, 4.69) is 26.5 Å². The minimum Gasteiger partial charge on any atom is -0.383 e. The van der Waals surface area contributed by atoms with Crippen LogP contribution in [0.3, 0.4) is 0 Å². The van der Waals surface area contributed by atoms with Gasteiger partial charge >= 0.3 is 0 Å². The number of hydrogen-bond donors (Lipinski definition) is 3. The maximum atomic E-state index is 12.3. The van der Waals surface area contributed by atoms with Crippen LogP contribution in [0.2, 0.25) is 0 Å². The van der Waals surface area contributed by atoms with E-state index in [1.54, 1.807) is 24.5 Å². The lowest BCUT2D eigenvalue weighted by Crippen LogP contribution is -2.39. The molecule has 184 valence electrons. The lowest BCUT2D eigenvalue weighted by molar-refractivity contribution is 0.484. The number of pyridine rings is 2. The van der Waals surface area contributed by atoms with Gasteiger partial charge in [0.25, 0.3) is 0 Å². The van der Waals surface area contributed by atoms with Crippen molar-refractivity contribution in [1.82, 2.24) is 15.0 Å². The standard InChI is InChI=1S/C18H23FN8.C5H8.CH3F/c19-6-3-9-27(22)18(25-21)15-10-14(12-24-17(15)20)13-4-5-16(23-11-13)26-7-1-2-8-26;1-3-5-4-2;1-2/h3-6,10-12H,1-2,7-9,21-22H2,(H2,20,24);3-5H,1H2,2H3;1H3/b6-3+,25-18-;5-4-;. The van der Waals surface area contributed by atoms with Crippen molar-refractivity contribution in [1.29, 1.82) is 0 Å². The van der Waals surface area contributed by atoms with Crippen molar-refractivity contribution in [3.63, 3.8) is 0 Å². The Kier molecular flexibility index (Phi) is 13.2. The Morgan fingerprint density at radius 3 is 2.38 bits per heavy atom. The number of amidine groups is 1. The molecule has 1 saturated heterocycles. The second kappa shape index (κ2) is 15.9. The number of nitrogens with zero attached hydrogens (tertiary/aromatic N) is 5. The Labute approximate surface area is 200 Å². The molecule has 0 saturated carbocycles. The van der Waals surface area contributed by atoms with Crippen LogP contribution >= 0.6 is 0 Å². The van der Waals surface area contributed by atoms with Gasteiger partial charge in [-0.1, -0.05) is 24.8 Å². The summed E-state index contributed by atoms with van der Waals surface area (Å²) in [5, 5.41) is 4.89. The molecule has 3 heterocycles. The number of hydrogen-bond acceptors (Lipinski definition) is 7. The van der Waals surface area contributed by atoms with E-state index in [9.17, 15) is 8.78 Å². The molecule has 2 aromatic heterocycles. The lowest BCUT2D eigenvalue weighted by atomic mass is 10.1. The third-order valence-corrected chi connectivity index (χ3v) is 4.78. The van der Waals surface area contributed by atoms with Gasteiger partial charge in [-0.15, -0.1) is 0 Å². The van der Waals surface area contributed by atoms with Crippen molar-refractivity contribution in [3.05, 3.63) is 73.4 Å². The van der Waals surface area contributed by atoms with Gasteiger partial charge in [0.15, 0.2) is 5.84 Å². The Balaban J connectivity index is 0.000000733. The van der Waals surface area contributed by atoms with Crippen LogP contribution in [0.5, 0.6) is 0 Å². The van der Waals surface area contributed by atoms with E-state index in [4.69, 9.17) is 17.4 Å². The molecule has 3 rings (SSSR count). The molecule has 0 unspecified atom stereocenters. The van der Waals surface area contributed by atoms with E-state index < -0.39 is 0 Å². The maximum Gasteiger partial charge on any atom is 0.173 e. The summed E-state index contributed by atoms with van der Waals surface area (Å²) in [5.74, 6) is 12.8. The van der Waals surface area contributed by atoms with Crippen LogP contribution in [0.15, 0.2) is 72.9 Å². The Morgan fingerprint density at radius 2 is 1.88 bits per heavy atom. The molecule has 0 bridgehead atoms. The van der Waals surface area contributed by atoms with Crippen molar-refractivity contribution >= 4 is 17.5 Å². The average molecular weight is 473 g/mol. The predicted octanol–water partition coefficient (Wildman–Crippen LogP) is 3.94. The summed E-state index contributed by atoms with van der Waals surface area (Å²) in [6, 6.07) is 5.78. The summed E-state index contributed by atoms with van der Waals surface area (Å²) < 4.78 is 21.8. The highest BCUT2D eigenvalue weighted by molar-refractivity contribution is 6.02. The number of rotatable bonds is 6. The molecule has 0 atom stereocenters. The number of alkyl halides is 1. The van der Waals surface area contributed by atoms with Crippen molar-refractivity contribution in [2.24, 2.45) is 16.8 Å². The number of hydrazine groups is 1. The monoisotopic (exact) mass is 472 g/mol. The van der Waals surface area contributed by atoms with E-state index in [0.717, 1.165) is 30.0 Å². The van der Waals surface area contributed by atoms with Crippen molar-refractivity contribution in [2.45, 2.75) is 19.8 Å². The van der Waals surface area contributed by atoms with Crippen LogP contribution in [0.25, 0.3) is 11.1 Å². The van der Waals surface area contributed by atoms with E-state index >= 15 is 0 Å². The fourth-order valence-corrected chi connectivity index (χ4v) is 3.18. The van der Waals surface area contributed by atoms with Crippen LogP contribution in [-0.4, -0.2) is 47.6 Å². The second-order valence-corrected chi connectivity index (χ2v) is 6.98. The zero-order valence-corrected chi connectivity index (χ0v) is 19.7. The zero-order chi connectivity index (χ0) is 25.3. The fraction of sp³-hybridized carbons (Fsp3) is 0.292. The van der Waals surface area contributed by atoms with Gasteiger partial charge < -0.3 is 16.5 Å². The summed E-state index contributed by atoms with van der Waals surface area (Å²) in [7, 11) is 0.500. The first-order valence-corrected chi connectivity index (χ1v) is 10.7. The molecule has 0 aliphatic carbocycles. The first-order valence-electron chi connectivity index (χ1n) is 10.7. The van der Waals surface area contributed by atoms with Crippen LogP contribution in [0.1, 0.15) is 25.3 Å². The van der Waals surface area contributed by atoms with Gasteiger partial charge in [-0.2, -0.15) is 5.10 Å². The van der Waals surface area contributed by atoms with E-state index in [1.165, 1.54) is 23.9 Å². The molecular weight excluding hydrogens is 438 g/mol. The topological polar surface area (TPSA) is 123 Å². The van der Waals surface area contributed by atoms with Crippen molar-refractivity contribution < 1.29 is 8.78 Å². The number of allylic oxidation sites excluding steroid dienone is 3. The Bertz CT molecular complexity index is 952. The van der Waals surface area contributed by atoms with Crippen molar-refractivity contribution in [2.75, 3.05) is 37.4 Å². The zero-order valence-electron chi connectivity index (χ0n) is 19.7. The summed E-state index contributed by atoms with van der Waals surface area (Å²) in [5.41, 5.74) is 8.12. The van der Waals surface area contributed by atoms with Crippen LogP contribution in [-0.2, 0) is 0 Å². The summed E-state index contributed by atoms with van der Waals surface area (Å²) in [6.45, 7) is 7.58. The Morgan fingerprint density at radius 1 is 1.21 bits per heavy atom. The first-order chi connectivity index (χ1) is 16.5. The first kappa shape index (κ1) is 28.2. The minimum atomic E-state index is 0.0856. The van der Waals surface area contributed by atoms with Crippen LogP contribution in [0, 0.1) is 0 Å². The predicted molar refractivity (Wildman–Crippen MR) is 137 cm³/mol. The van der Waals surface area contributed by atoms with Crippen LogP contribution < -0.4 is 22.3 Å². The number of hydrazone groups is 1. The molecule has 1 fully saturated rings. The summed E-state index contributed by atoms with van der Waals surface area (Å²) in [6.07, 6.45) is 13.1. The fourth-order valence-electron chi connectivity index (χ4n) is 3.18. The largest absolute Gasteiger partial charge is 0.383 e. The molecule has 34 heavy (non-hydrogen) atoms. The van der Waals surface area contributed by atoms with Gasteiger partial charge in [-0.05, 0) is 44.0 Å². The highest BCUT2D eigenvalue weighted by Crippen LogP contribution is 2.25. The normalized spacial score (nSPS) is 13.3. The molecule has 0 spiro atoms. The molecule has 1 aliphatic heterocycles. The van der Waals surface area contributed by atoms with Gasteiger partial charge in [0.05, 0.1) is 25.6 Å². The second-order valence-electron chi connectivity index (χ2n) is 6.98. The van der Waals surface area contributed by atoms with E-state index in [1.807, 2.05) is 31.2 Å². The minimum absolute atomic E-state index is 0.0856. The molecule has 10 heteroatoms. The van der Waals surface area contributed by atoms with E-state index in [-0.39, 0.29) is 18.2 Å². The number of nitrogens with two attached hydrogens (primary N) is 3. The van der Waals surface area contributed by atoms with Gasteiger partial charge in [0.2, 0.25) is 0 Å². The molecule has 0 amide bonds. The third-order valence-electron chi connectivity index (χ3n) is 4.78. The summed E-state index contributed by atoms with van der Waals surface area (Å²) in [4.78, 5) is 11.0. The van der Waals surface area contributed by atoms with Gasteiger partial charge in [0.1, 0.15) is 11.6 Å². The summed E-state index contributed by atoms with van der Waals surface area (Å²) >= 11 is 0. The smallest absolute Gasteiger partial charge is 0.173 e. The number of nitrogen functional groups attached to an aromatic ring is 1. The highest BCUT2D eigenvalue weighted by atomic mass is 19.1. The average Bonchev–Trinajstić information content (AvgIpc) is 3.42. The molecule has 0 aromatic carbocycles. The van der Waals surface area contributed by atoms with Gasteiger partial charge in [0, 0.05) is 36.6 Å². The number of anilines is 2. The van der Waals surface area contributed by atoms with Gasteiger partial charge in [-0.3, -0.25) is 9.40 Å². The third kappa shape index (κ3) is 8.28. The number of aromatic nitrogens is 2.